The highest BCUT2D eigenvalue weighted by Gasteiger charge is 2.02. The smallest absolute Gasteiger partial charge is 0.404 e. The summed E-state index contributed by atoms with van der Waals surface area (Å²) in [6.45, 7) is 8.64. The normalized spacial score (nSPS) is 9.60. The molecule has 0 aliphatic heterocycles. The van der Waals surface area contributed by atoms with Gasteiger partial charge in [0, 0.05) is 20.1 Å². The first kappa shape index (κ1) is 23.0. The molecule has 118 valence electrons. The van der Waals surface area contributed by atoms with E-state index in [0.29, 0.717) is 13.2 Å². The summed E-state index contributed by atoms with van der Waals surface area (Å²) in [5, 5.41) is 7.60. The third kappa shape index (κ3) is 36.0. The number of hydrogen-bond donors (Lipinski definition) is 2. The minimum Gasteiger partial charge on any atom is -0.478 e. The lowest BCUT2D eigenvalue weighted by Gasteiger charge is -2.08. The summed E-state index contributed by atoms with van der Waals surface area (Å²) in [6, 6.07) is 0. The zero-order valence-electron chi connectivity index (χ0n) is 12.3. The molecule has 0 bridgehead atoms. The summed E-state index contributed by atoms with van der Waals surface area (Å²) in [4.78, 5) is 29.1. The van der Waals surface area contributed by atoms with Gasteiger partial charge in [-0.1, -0.05) is 6.58 Å². The molecule has 20 heavy (non-hydrogen) atoms. The Hall–Kier alpha value is -2.09. The van der Waals surface area contributed by atoms with Gasteiger partial charge in [0.05, 0.1) is 13.2 Å². The Morgan fingerprint density at radius 3 is 2.00 bits per heavy atom. The topological polar surface area (TPSA) is 125 Å². The van der Waals surface area contributed by atoms with E-state index in [-0.39, 0.29) is 12.1 Å². The molecule has 8 nitrogen and oxygen atoms in total. The molecule has 0 spiro atoms. The van der Waals surface area contributed by atoms with Crippen molar-refractivity contribution in [3.63, 3.8) is 0 Å². The van der Waals surface area contributed by atoms with Crippen molar-refractivity contribution in [1.82, 2.24) is 0 Å². The SMILES string of the molecule is C=CC(=O)O.CCOC(N)=O.COCC(C)OC(C)=O. The maximum absolute atomic E-state index is 10.3. The first-order chi connectivity index (χ1) is 9.20. The van der Waals surface area contributed by atoms with Gasteiger partial charge in [-0.3, -0.25) is 4.79 Å². The van der Waals surface area contributed by atoms with Gasteiger partial charge in [0.15, 0.2) is 0 Å². The Kier molecular flexibility index (Phi) is 19.5. The molecule has 0 radical (unpaired) electrons. The molecule has 1 atom stereocenters. The maximum atomic E-state index is 10.3. The van der Waals surface area contributed by atoms with Crippen LogP contribution >= 0.6 is 0 Å². The standard InChI is InChI=1S/C6H12O3.C3H7NO2.C3H4O2/c1-5(4-8-3)9-6(2)7;1-2-6-3(4)5;1-2-3(4)5/h5H,4H2,1-3H3;2H2,1H3,(H2,4,5);2H,1H2,(H,4,5). The van der Waals surface area contributed by atoms with E-state index in [2.05, 4.69) is 17.0 Å². The number of carbonyl (C=O) groups excluding carboxylic acids is 2. The van der Waals surface area contributed by atoms with Crippen LogP contribution in [0.25, 0.3) is 0 Å². The van der Waals surface area contributed by atoms with E-state index >= 15 is 0 Å². The van der Waals surface area contributed by atoms with Gasteiger partial charge in [0.1, 0.15) is 6.10 Å². The Morgan fingerprint density at radius 2 is 1.85 bits per heavy atom. The van der Waals surface area contributed by atoms with Crippen LogP contribution < -0.4 is 5.73 Å². The lowest BCUT2D eigenvalue weighted by molar-refractivity contribution is -0.147. The van der Waals surface area contributed by atoms with Gasteiger partial charge in [-0.25, -0.2) is 9.59 Å². The van der Waals surface area contributed by atoms with Gasteiger partial charge < -0.3 is 25.1 Å². The molecule has 0 aromatic carbocycles. The van der Waals surface area contributed by atoms with Crippen LogP contribution in [0.5, 0.6) is 0 Å². The molecular weight excluding hydrogens is 270 g/mol. The van der Waals surface area contributed by atoms with Crippen molar-refractivity contribution in [2.24, 2.45) is 5.73 Å². The van der Waals surface area contributed by atoms with Crippen molar-refractivity contribution in [2.75, 3.05) is 20.3 Å². The van der Waals surface area contributed by atoms with Gasteiger partial charge in [-0.2, -0.15) is 0 Å². The summed E-state index contributed by atoms with van der Waals surface area (Å²) in [5.41, 5.74) is 4.54. The second-order valence-electron chi connectivity index (χ2n) is 3.17. The number of hydrogen-bond acceptors (Lipinski definition) is 6. The fourth-order valence-electron chi connectivity index (χ4n) is 0.694. The number of primary amides is 1. The quantitative estimate of drug-likeness (QED) is 0.570. The molecule has 8 heteroatoms. The number of nitrogens with two attached hydrogens (primary N) is 1. The average Bonchev–Trinajstić information content (AvgIpc) is 2.29. The molecule has 0 saturated heterocycles. The highest BCUT2D eigenvalue weighted by atomic mass is 16.6. The Morgan fingerprint density at radius 1 is 1.40 bits per heavy atom. The van der Waals surface area contributed by atoms with Gasteiger partial charge in [-0.05, 0) is 13.8 Å². The Balaban J connectivity index is -0.000000230. The van der Waals surface area contributed by atoms with Crippen LogP contribution in [0.4, 0.5) is 4.79 Å². The number of carbonyl (C=O) groups is 3. The molecule has 0 aliphatic rings. The van der Waals surface area contributed by atoms with Crippen LogP contribution in [0.1, 0.15) is 20.8 Å². The second kappa shape index (κ2) is 16.9. The van der Waals surface area contributed by atoms with E-state index in [1.807, 2.05) is 0 Å². The van der Waals surface area contributed by atoms with Crippen molar-refractivity contribution >= 4 is 18.0 Å². The highest BCUT2D eigenvalue weighted by molar-refractivity contribution is 5.78. The van der Waals surface area contributed by atoms with Crippen molar-refractivity contribution in [3.8, 4) is 0 Å². The molecule has 1 unspecified atom stereocenters. The molecule has 0 heterocycles. The predicted molar refractivity (Wildman–Crippen MR) is 72.1 cm³/mol. The number of methoxy groups -OCH3 is 1. The zero-order valence-corrected chi connectivity index (χ0v) is 12.3. The van der Waals surface area contributed by atoms with Gasteiger partial charge in [-0.15, -0.1) is 0 Å². The van der Waals surface area contributed by atoms with Crippen molar-refractivity contribution in [3.05, 3.63) is 12.7 Å². The lowest BCUT2D eigenvalue weighted by Crippen LogP contribution is -2.17. The predicted octanol–water partition coefficient (Wildman–Crippen LogP) is 0.943. The van der Waals surface area contributed by atoms with Gasteiger partial charge in [0.2, 0.25) is 0 Å². The van der Waals surface area contributed by atoms with E-state index in [1.54, 1.807) is 21.0 Å². The maximum Gasteiger partial charge on any atom is 0.404 e. The molecule has 0 fully saturated rings. The van der Waals surface area contributed by atoms with E-state index < -0.39 is 12.1 Å². The monoisotopic (exact) mass is 293 g/mol. The first-order valence-corrected chi connectivity index (χ1v) is 5.64. The lowest BCUT2D eigenvalue weighted by atomic mass is 10.4. The van der Waals surface area contributed by atoms with Crippen molar-refractivity contribution in [2.45, 2.75) is 26.9 Å². The second-order valence-corrected chi connectivity index (χ2v) is 3.17. The number of carboxylic acids is 1. The third-order valence-corrected chi connectivity index (χ3v) is 1.23. The first-order valence-electron chi connectivity index (χ1n) is 5.64. The van der Waals surface area contributed by atoms with E-state index in [0.717, 1.165) is 6.08 Å². The molecule has 0 aromatic heterocycles. The summed E-state index contributed by atoms with van der Waals surface area (Å²) in [6.07, 6.45) is -0.00926. The minimum atomic E-state index is -0.981. The zero-order chi connectivity index (χ0) is 16.6. The fraction of sp³-hybridized carbons (Fsp3) is 0.583. The minimum absolute atomic E-state index is 0.132. The largest absolute Gasteiger partial charge is 0.478 e. The number of esters is 1. The van der Waals surface area contributed by atoms with Crippen LogP contribution in [0.3, 0.4) is 0 Å². The van der Waals surface area contributed by atoms with E-state index in [1.165, 1.54) is 6.92 Å². The van der Waals surface area contributed by atoms with E-state index in [9.17, 15) is 14.4 Å². The Labute approximate surface area is 118 Å². The van der Waals surface area contributed by atoms with Crippen LogP contribution in [0.2, 0.25) is 0 Å². The van der Waals surface area contributed by atoms with Crippen molar-refractivity contribution < 1.29 is 33.7 Å². The number of amides is 1. The number of carboxylic acid groups (broad SMARTS) is 1. The molecular formula is C12H23NO7. The van der Waals surface area contributed by atoms with E-state index in [4.69, 9.17) is 14.6 Å². The molecule has 0 saturated carbocycles. The summed E-state index contributed by atoms with van der Waals surface area (Å²) in [5.74, 6) is -1.25. The number of ether oxygens (including phenoxy) is 3. The van der Waals surface area contributed by atoms with Crippen LogP contribution in [0, 0.1) is 0 Å². The number of aliphatic carboxylic acids is 1. The van der Waals surface area contributed by atoms with Crippen LogP contribution in [-0.2, 0) is 23.8 Å². The molecule has 3 N–H and O–H groups in total. The van der Waals surface area contributed by atoms with Crippen LogP contribution in [0.15, 0.2) is 12.7 Å². The molecule has 0 aliphatic carbocycles. The highest BCUT2D eigenvalue weighted by Crippen LogP contribution is 1.90. The molecule has 0 rings (SSSR count). The average molecular weight is 293 g/mol. The molecule has 1 amide bonds. The number of rotatable bonds is 5. The third-order valence-electron chi connectivity index (χ3n) is 1.23. The van der Waals surface area contributed by atoms with Gasteiger partial charge in [0.25, 0.3) is 0 Å². The van der Waals surface area contributed by atoms with Gasteiger partial charge >= 0.3 is 18.0 Å². The van der Waals surface area contributed by atoms with Crippen LogP contribution in [-0.4, -0.2) is 49.6 Å². The summed E-state index contributed by atoms with van der Waals surface area (Å²) in [7, 11) is 1.57. The Bertz CT molecular complexity index is 292. The summed E-state index contributed by atoms with van der Waals surface area (Å²) >= 11 is 0. The van der Waals surface area contributed by atoms with Crippen molar-refractivity contribution in [1.29, 1.82) is 0 Å². The molecule has 0 aromatic rings. The fourth-order valence-corrected chi connectivity index (χ4v) is 0.694. The summed E-state index contributed by atoms with van der Waals surface area (Å²) < 4.78 is 13.6.